The molecule has 11 nitrogen and oxygen atoms in total. The topological polar surface area (TPSA) is 154 Å². The van der Waals surface area contributed by atoms with E-state index >= 15 is 0 Å². The molecule has 1 aromatic carbocycles. The van der Waals surface area contributed by atoms with Gasteiger partial charge < -0.3 is 34.5 Å². The van der Waals surface area contributed by atoms with Crippen molar-refractivity contribution in [2.24, 2.45) is 0 Å². The number of hydrogen-bond donors (Lipinski definition) is 4. The van der Waals surface area contributed by atoms with Crippen LogP contribution in [0.1, 0.15) is 24.5 Å². The van der Waals surface area contributed by atoms with E-state index in [1.54, 1.807) is 6.20 Å². The number of oxazole rings is 1. The lowest BCUT2D eigenvalue weighted by Crippen LogP contribution is -2.40. The Balaban J connectivity index is 0.000000350. The number of benzene rings is 1. The predicted molar refractivity (Wildman–Crippen MR) is 125 cm³/mol. The second-order valence-corrected chi connectivity index (χ2v) is 7.85. The number of carbonyl (C=O) groups is 2. The summed E-state index contributed by atoms with van der Waals surface area (Å²) in [6.07, 6.45) is 4.99. The summed E-state index contributed by atoms with van der Waals surface area (Å²) >= 11 is 0. The quantitative estimate of drug-likeness (QED) is 0.358. The summed E-state index contributed by atoms with van der Waals surface area (Å²) in [5, 5.41) is 28.3. The van der Waals surface area contributed by atoms with Crippen molar-refractivity contribution in [1.29, 1.82) is 0 Å². The minimum absolute atomic E-state index is 0.227. The van der Waals surface area contributed by atoms with Gasteiger partial charge in [0.1, 0.15) is 5.76 Å². The highest BCUT2D eigenvalue weighted by Gasteiger charge is 2.21. The molecule has 0 radical (unpaired) electrons. The largest absolute Gasteiger partial charge is 0.478 e. The number of anilines is 1. The number of hydrogen-bond acceptors (Lipinski definition) is 8. The number of aliphatic carboxylic acids is 2. The molecule has 1 saturated heterocycles. The lowest BCUT2D eigenvalue weighted by molar-refractivity contribution is -0.134. The molecule has 3 heterocycles. The van der Waals surface area contributed by atoms with Crippen LogP contribution in [0.5, 0.6) is 0 Å². The molecule has 0 bridgehead atoms. The number of aliphatic hydroxyl groups is 1. The number of carboxylic acids is 2. The lowest BCUT2D eigenvalue weighted by atomic mass is 10.1. The van der Waals surface area contributed by atoms with Crippen LogP contribution in [-0.2, 0) is 16.1 Å². The summed E-state index contributed by atoms with van der Waals surface area (Å²) in [6, 6.07) is 8.54. The molecule has 11 heteroatoms. The number of imidazole rings is 1. The maximum absolute atomic E-state index is 9.55. The van der Waals surface area contributed by atoms with E-state index in [0.717, 1.165) is 55.2 Å². The zero-order valence-electron chi connectivity index (χ0n) is 18.9. The first-order valence-corrected chi connectivity index (χ1v) is 11.0. The number of aromatic nitrogens is 3. The molecule has 0 aliphatic carbocycles. The van der Waals surface area contributed by atoms with Gasteiger partial charge in [-0.3, -0.25) is 0 Å². The first-order valence-electron chi connectivity index (χ1n) is 11.0. The van der Waals surface area contributed by atoms with Gasteiger partial charge in [-0.1, -0.05) is 12.1 Å². The number of aliphatic hydroxyl groups excluding tert-OH is 1. The molecule has 3 aromatic rings. The number of fused-ring (bicyclic) bond motifs is 1. The van der Waals surface area contributed by atoms with Crippen LogP contribution in [0.3, 0.4) is 0 Å². The van der Waals surface area contributed by atoms with Crippen molar-refractivity contribution in [3.63, 3.8) is 0 Å². The second kappa shape index (κ2) is 12.0. The fraction of sp³-hybridized carbons (Fsp3) is 0.391. The van der Waals surface area contributed by atoms with E-state index in [0.29, 0.717) is 30.6 Å². The van der Waals surface area contributed by atoms with E-state index in [2.05, 4.69) is 25.8 Å². The zero-order chi connectivity index (χ0) is 24.5. The number of β-amino-alcohol motifs (C(OH)–C–C–N with tert-alkyl or cyclic N) is 1. The van der Waals surface area contributed by atoms with Gasteiger partial charge in [0, 0.05) is 44.8 Å². The number of likely N-dealkylation sites (tertiary alicyclic amines) is 1. The molecule has 1 aliphatic rings. The molecule has 0 atom stereocenters. The fourth-order valence-corrected chi connectivity index (χ4v) is 3.75. The van der Waals surface area contributed by atoms with Crippen molar-refractivity contribution in [2.75, 3.05) is 31.6 Å². The summed E-state index contributed by atoms with van der Waals surface area (Å²) < 4.78 is 7.84. The molecular formula is C23H29N5O6. The van der Waals surface area contributed by atoms with Gasteiger partial charge in [-0.2, -0.15) is 0 Å². The Bertz CT molecular complexity index is 1110. The number of nitrogens with zero attached hydrogens (tertiary/aromatic N) is 4. The van der Waals surface area contributed by atoms with Crippen molar-refractivity contribution in [3.8, 4) is 0 Å². The number of nitrogens with one attached hydrogen (secondary N) is 1. The van der Waals surface area contributed by atoms with Gasteiger partial charge in [0.05, 0.1) is 30.4 Å². The van der Waals surface area contributed by atoms with E-state index in [9.17, 15) is 9.59 Å². The van der Waals surface area contributed by atoms with Crippen molar-refractivity contribution < 1.29 is 29.3 Å². The van der Waals surface area contributed by atoms with Gasteiger partial charge in [-0.15, -0.1) is 0 Å². The third-order valence-electron chi connectivity index (χ3n) is 5.34. The van der Waals surface area contributed by atoms with Crippen molar-refractivity contribution in [3.05, 3.63) is 54.3 Å². The zero-order valence-corrected chi connectivity index (χ0v) is 18.9. The third kappa shape index (κ3) is 7.15. The van der Waals surface area contributed by atoms with Gasteiger partial charge in [-0.25, -0.2) is 19.6 Å². The highest BCUT2D eigenvalue weighted by Crippen LogP contribution is 2.24. The van der Waals surface area contributed by atoms with Crippen LogP contribution >= 0.6 is 0 Å². The second-order valence-electron chi connectivity index (χ2n) is 7.85. The molecule has 182 valence electrons. The molecule has 34 heavy (non-hydrogen) atoms. The van der Waals surface area contributed by atoms with Crippen molar-refractivity contribution >= 4 is 28.9 Å². The average Bonchev–Trinajstić information content (AvgIpc) is 3.37. The maximum Gasteiger partial charge on any atom is 0.328 e. The fourth-order valence-electron chi connectivity index (χ4n) is 3.75. The van der Waals surface area contributed by atoms with E-state index in [1.165, 1.54) is 0 Å². The van der Waals surface area contributed by atoms with E-state index in [1.807, 2.05) is 25.1 Å². The van der Waals surface area contributed by atoms with Gasteiger partial charge in [0.2, 0.25) is 5.95 Å². The minimum Gasteiger partial charge on any atom is -0.478 e. The Kier molecular flexibility index (Phi) is 8.77. The van der Waals surface area contributed by atoms with Crippen LogP contribution in [0, 0.1) is 6.92 Å². The molecule has 2 aromatic heterocycles. The van der Waals surface area contributed by atoms with Gasteiger partial charge in [-0.05, 0) is 25.0 Å². The van der Waals surface area contributed by atoms with Gasteiger partial charge >= 0.3 is 11.9 Å². The van der Waals surface area contributed by atoms with Gasteiger partial charge in [0.15, 0.2) is 5.89 Å². The summed E-state index contributed by atoms with van der Waals surface area (Å²) in [6.45, 7) is 5.45. The predicted octanol–water partition coefficient (Wildman–Crippen LogP) is 1.96. The standard InChI is InChI=1S/C19H25N5O2.C4H4O4/c1-14-20-12-16(26-14)13-24-18-5-3-2-4-17(18)22-19(24)21-15-6-8-23(9-7-15)10-11-25;5-3(6)1-2-4(7)8/h2-5,12,15,25H,6-11,13H2,1H3,(H,21,22);1-2H,(H,5,6)(H,7,8)/b;2-1+. The van der Waals surface area contributed by atoms with E-state index in [4.69, 9.17) is 24.7 Å². The molecule has 4 N–H and O–H groups in total. The average molecular weight is 472 g/mol. The Labute approximate surface area is 196 Å². The maximum atomic E-state index is 9.55. The molecule has 0 unspecified atom stereocenters. The Hall–Kier alpha value is -3.70. The van der Waals surface area contributed by atoms with Crippen molar-refractivity contribution in [1.82, 2.24) is 19.4 Å². The molecule has 0 amide bonds. The SMILES string of the molecule is Cc1ncc(Cn2c(NC3CCN(CCO)CC3)nc3ccccc32)o1.O=C(O)/C=C/C(=O)O. The molecule has 0 spiro atoms. The van der Waals surface area contributed by atoms with Crippen LogP contribution < -0.4 is 5.32 Å². The highest BCUT2D eigenvalue weighted by molar-refractivity contribution is 5.89. The van der Waals surface area contributed by atoms with E-state index < -0.39 is 11.9 Å². The van der Waals surface area contributed by atoms with Crippen LogP contribution in [-0.4, -0.2) is 79.0 Å². The number of aryl methyl sites for hydroxylation is 1. The summed E-state index contributed by atoms with van der Waals surface area (Å²) in [4.78, 5) is 30.4. The Morgan fingerprint density at radius 3 is 2.44 bits per heavy atom. The molecule has 4 rings (SSSR count). The molecule has 1 fully saturated rings. The first-order chi connectivity index (χ1) is 16.4. The lowest BCUT2D eigenvalue weighted by Gasteiger charge is -2.32. The molecular weight excluding hydrogens is 442 g/mol. The van der Waals surface area contributed by atoms with Crippen LogP contribution in [0.15, 0.2) is 47.0 Å². The Morgan fingerprint density at radius 2 is 1.85 bits per heavy atom. The number of para-hydroxylation sites is 2. The number of rotatable bonds is 8. The number of piperidine rings is 1. The monoisotopic (exact) mass is 471 g/mol. The molecule has 1 aliphatic heterocycles. The Morgan fingerprint density at radius 1 is 1.18 bits per heavy atom. The molecule has 0 saturated carbocycles. The van der Waals surface area contributed by atoms with Crippen LogP contribution in [0.2, 0.25) is 0 Å². The smallest absolute Gasteiger partial charge is 0.328 e. The third-order valence-corrected chi connectivity index (χ3v) is 5.34. The minimum atomic E-state index is -1.26. The highest BCUT2D eigenvalue weighted by atomic mass is 16.4. The summed E-state index contributed by atoms with van der Waals surface area (Å²) in [5.41, 5.74) is 2.06. The van der Waals surface area contributed by atoms with Crippen molar-refractivity contribution in [2.45, 2.75) is 32.4 Å². The van der Waals surface area contributed by atoms with Crippen LogP contribution in [0.4, 0.5) is 5.95 Å². The number of carboxylic acid groups (broad SMARTS) is 2. The summed E-state index contributed by atoms with van der Waals surface area (Å²) in [7, 11) is 0. The van der Waals surface area contributed by atoms with Gasteiger partial charge in [0.25, 0.3) is 0 Å². The van der Waals surface area contributed by atoms with E-state index in [-0.39, 0.29) is 6.61 Å². The van der Waals surface area contributed by atoms with Crippen LogP contribution in [0.25, 0.3) is 11.0 Å². The summed E-state index contributed by atoms with van der Waals surface area (Å²) in [5.74, 6) is -0.137. The normalized spacial score (nSPS) is 14.8. The first kappa shape index (κ1) is 24.9.